The average molecular weight is 271 g/mol. The molecule has 1 amide bonds. The smallest absolute Gasteiger partial charge is 0.236 e. The molecule has 7 nitrogen and oxygen atoms in total. The molecular formula is C12H17NO6. The molecule has 0 aromatic heterocycles. The van der Waals surface area contributed by atoms with Gasteiger partial charge in [-0.05, 0) is 6.92 Å². The summed E-state index contributed by atoms with van der Waals surface area (Å²) in [4.78, 5) is 24.6. The lowest BCUT2D eigenvalue weighted by atomic mass is 10.1. The van der Waals surface area contributed by atoms with Gasteiger partial charge in [0.1, 0.15) is 18.3 Å². The number of nitrogens with zero attached hydrogens (tertiary/aromatic N) is 1. The van der Waals surface area contributed by atoms with Crippen molar-refractivity contribution in [2.75, 3.05) is 13.7 Å². The molecule has 1 saturated heterocycles. The number of hydrogen-bond acceptors (Lipinski definition) is 6. The van der Waals surface area contributed by atoms with Crippen molar-refractivity contribution in [2.24, 2.45) is 0 Å². The minimum Gasteiger partial charge on any atom is -0.394 e. The van der Waals surface area contributed by atoms with Gasteiger partial charge in [0.25, 0.3) is 0 Å². The van der Waals surface area contributed by atoms with Gasteiger partial charge in [-0.25, -0.2) is 0 Å². The molecule has 2 heterocycles. The topological polar surface area (TPSA) is 96.3 Å². The first-order chi connectivity index (χ1) is 8.99. The lowest BCUT2D eigenvalue weighted by Crippen LogP contribution is -2.47. The van der Waals surface area contributed by atoms with Gasteiger partial charge in [-0.1, -0.05) is 0 Å². The maximum absolute atomic E-state index is 11.9. The van der Waals surface area contributed by atoms with Crippen molar-refractivity contribution in [3.8, 4) is 0 Å². The quantitative estimate of drug-likeness (QED) is 0.625. The first kappa shape index (κ1) is 14.1. The van der Waals surface area contributed by atoms with Gasteiger partial charge in [0, 0.05) is 18.9 Å². The zero-order chi connectivity index (χ0) is 14.2. The van der Waals surface area contributed by atoms with Crippen LogP contribution in [0, 0.1) is 0 Å². The number of rotatable bonds is 3. The Labute approximate surface area is 110 Å². The largest absolute Gasteiger partial charge is 0.394 e. The van der Waals surface area contributed by atoms with Crippen molar-refractivity contribution < 1.29 is 29.3 Å². The van der Waals surface area contributed by atoms with Crippen LogP contribution < -0.4 is 0 Å². The molecule has 0 spiro atoms. The number of hydrogen-bond donors (Lipinski definition) is 2. The third-order valence-corrected chi connectivity index (χ3v) is 3.41. The summed E-state index contributed by atoms with van der Waals surface area (Å²) in [6.45, 7) is 1.24. The number of ether oxygens (including phenoxy) is 2. The van der Waals surface area contributed by atoms with E-state index in [0.717, 1.165) is 0 Å². The van der Waals surface area contributed by atoms with Crippen LogP contribution in [0.1, 0.15) is 13.3 Å². The number of ketones is 1. The maximum atomic E-state index is 11.9. The van der Waals surface area contributed by atoms with Crippen LogP contribution in [0.25, 0.3) is 0 Å². The van der Waals surface area contributed by atoms with Gasteiger partial charge in [0.2, 0.25) is 5.91 Å². The second-order valence-corrected chi connectivity index (χ2v) is 4.65. The van der Waals surface area contributed by atoms with Crippen molar-refractivity contribution in [1.82, 2.24) is 4.90 Å². The highest BCUT2D eigenvalue weighted by molar-refractivity contribution is 6.09. The number of aliphatic hydroxyl groups is 2. The molecule has 0 aromatic rings. The Balaban J connectivity index is 2.25. The molecule has 0 aliphatic carbocycles. The van der Waals surface area contributed by atoms with E-state index in [1.54, 1.807) is 6.92 Å². The van der Waals surface area contributed by atoms with Gasteiger partial charge in [0.05, 0.1) is 13.0 Å². The Kier molecular flexibility index (Phi) is 4.00. The minimum atomic E-state index is -1.03. The van der Waals surface area contributed by atoms with Gasteiger partial charge in [-0.2, -0.15) is 0 Å². The van der Waals surface area contributed by atoms with Crippen LogP contribution >= 0.6 is 0 Å². The lowest BCUT2D eigenvalue weighted by Gasteiger charge is -2.31. The van der Waals surface area contributed by atoms with Crippen LogP contribution in [0.15, 0.2) is 11.8 Å². The van der Waals surface area contributed by atoms with Crippen molar-refractivity contribution in [1.29, 1.82) is 0 Å². The fourth-order valence-electron chi connectivity index (χ4n) is 2.28. The SMILES string of the molecule is CO[C@@H]1[C@@H](O)[C@@H](CO)O[C@H]1N1C=C(C)C(=O)CC1=O. The molecule has 106 valence electrons. The highest BCUT2D eigenvalue weighted by Crippen LogP contribution is 2.28. The highest BCUT2D eigenvalue weighted by Gasteiger charge is 2.48. The molecule has 2 N–H and O–H groups in total. The summed E-state index contributed by atoms with van der Waals surface area (Å²) in [5.41, 5.74) is 0.444. The third kappa shape index (κ3) is 2.42. The van der Waals surface area contributed by atoms with Crippen molar-refractivity contribution >= 4 is 11.7 Å². The average Bonchev–Trinajstić information content (AvgIpc) is 2.70. The normalized spacial score (nSPS) is 35.8. The highest BCUT2D eigenvalue weighted by atomic mass is 16.6. The lowest BCUT2D eigenvalue weighted by molar-refractivity contribution is -0.150. The van der Waals surface area contributed by atoms with E-state index >= 15 is 0 Å². The van der Waals surface area contributed by atoms with Crippen LogP contribution in [-0.4, -0.2) is 65.1 Å². The van der Waals surface area contributed by atoms with E-state index < -0.39 is 30.4 Å². The monoisotopic (exact) mass is 271 g/mol. The molecule has 19 heavy (non-hydrogen) atoms. The fourth-order valence-corrected chi connectivity index (χ4v) is 2.28. The van der Waals surface area contributed by atoms with Crippen molar-refractivity contribution in [3.63, 3.8) is 0 Å². The number of methoxy groups -OCH3 is 1. The third-order valence-electron chi connectivity index (χ3n) is 3.41. The second kappa shape index (κ2) is 5.38. The summed E-state index contributed by atoms with van der Waals surface area (Å²) in [5.74, 6) is -0.638. The molecular weight excluding hydrogens is 254 g/mol. The zero-order valence-electron chi connectivity index (χ0n) is 10.8. The Hall–Kier alpha value is -1.28. The van der Waals surface area contributed by atoms with E-state index in [1.807, 2.05) is 0 Å². The first-order valence-electron chi connectivity index (χ1n) is 5.99. The number of carbonyl (C=O) groups is 2. The molecule has 2 aliphatic rings. The summed E-state index contributed by atoms with van der Waals surface area (Å²) in [6, 6.07) is 0. The fraction of sp³-hybridized carbons (Fsp3) is 0.667. The van der Waals surface area contributed by atoms with E-state index in [4.69, 9.17) is 14.6 Å². The number of amides is 1. The molecule has 0 saturated carbocycles. The summed E-state index contributed by atoms with van der Waals surface area (Å²) in [6.07, 6.45) is -2.27. The number of Topliss-reactive ketones (excluding diaryl/α,β-unsaturated/α-hetero) is 1. The zero-order valence-corrected chi connectivity index (χ0v) is 10.8. The number of carbonyl (C=O) groups excluding carboxylic acids is 2. The predicted molar refractivity (Wildman–Crippen MR) is 62.8 cm³/mol. The number of aliphatic hydroxyl groups excluding tert-OH is 2. The summed E-state index contributed by atoms with van der Waals surface area (Å²) >= 11 is 0. The molecule has 0 unspecified atom stereocenters. The molecule has 4 atom stereocenters. The standard InChI is InChI=1S/C12H17NO6/c1-6-4-13(9(16)3-7(6)15)12-11(18-2)10(17)8(5-14)19-12/h4,8,10-12,14,17H,3,5H2,1-2H3/t8-,10+,11-,12-/m1/s1. The first-order valence-corrected chi connectivity index (χ1v) is 5.99. The minimum absolute atomic E-state index is 0.224. The molecule has 0 aromatic carbocycles. The number of allylic oxidation sites excluding steroid dienone is 1. The second-order valence-electron chi connectivity index (χ2n) is 4.65. The van der Waals surface area contributed by atoms with E-state index in [1.165, 1.54) is 18.2 Å². The Bertz CT molecular complexity index is 420. The van der Waals surface area contributed by atoms with Crippen molar-refractivity contribution in [2.45, 2.75) is 37.9 Å². The Morgan fingerprint density at radius 3 is 2.79 bits per heavy atom. The van der Waals surface area contributed by atoms with E-state index in [9.17, 15) is 14.7 Å². The van der Waals surface area contributed by atoms with E-state index in [2.05, 4.69) is 0 Å². The van der Waals surface area contributed by atoms with Crippen LogP contribution in [0.2, 0.25) is 0 Å². The molecule has 2 rings (SSSR count). The Morgan fingerprint density at radius 1 is 1.53 bits per heavy atom. The molecule has 7 heteroatoms. The van der Waals surface area contributed by atoms with Gasteiger partial charge in [-0.3, -0.25) is 14.5 Å². The van der Waals surface area contributed by atoms with Gasteiger partial charge < -0.3 is 19.7 Å². The molecule has 0 radical (unpaired) electrons. The van der Waals surface area contributed by atoms with Crippen LogP contribution in [0.3, 0.4) is 0 Å². The summed E-state index contributed by atoms with van der Waals surface area (Å²) in [7, 11) is 1.39. The summed E-state index contributed by atoms with van der Waals surface area (Å²) in [5, 5.41) is 19.0. The predicted octanol–water partition coefficient (Wildman–Crippen LogP) is -1.22. The molecule has 1 fully saturated rings. The van der Waals surface area contributed by atoms with Crippen molar-refractivity contribution in [3.05, 3.63) is 11.8 Å². The Morgan fingerprint density at radius 2 is 2.21 bits per heavy atom. The van der Waals surface area contributed by atoms with Crippen LogP contribution in [0.5, 0.6) is 0 Å². The van der Waals surface area contributed by atoms with Gasteiger partial charge >= 0.3 is 0 Å². The van der Waals surface area contributed by atoms with Crippen LogP contribution in [-0.2, 0) is 19.1 Å². The maximum Gasteiger partial charge on any atom is 0.236 e. The van der Waals surface area contributed by atoms with E-state index in [-0.39, 0.29) is 18.8 Å². The summed E-state index contributed by atoms with van der Waals surface area (Å²) < 4.78 is 10.6. The van der Waals surface area contributed by atoms with E-state index in [0.29, 0.717) is 5.57 Å². The van der Waals surface area contributed by atoms with Gasteiger partial charge in [0.15, 0.2) is 12.0 Å². The molecule has 2 aliphatic heterocycles. The molecule has 0 bridgehead atoms. The van der Waals surface area contributed by atoms with Crippen LogP contribution in [0.4, 0.5) is 0 Å². The van der Waals surface area contributed by atoms with Gasteiger partial charge in [-0.15, -0.1) is 0 Å².